The van der Waals surface area contributed by atoms with Crippen LogP contribution in [0.2, 0.25) is 0 Å². The van der Waals surface area contributed by atoms with Crippen LogP contribution in [-0.4, -0.2) is 30.4 Å². The molecule has 1 aromatic heterocycles. The smallest absolute Gasteiger partial charge is 0.175 e. The first-order chi connectivity index (χ1) is 13.7. The Kier molecular flexibility index (Phi) is 6.59. The standard InChI is InChI=1S/C22H21BrN2O3S/c1-15-5-3-4-6-17(15)11-20(16-7-9-19(10-8-16)29(2,27)28)21(26)12-18-13-25-22(23)14-24-18/h3-10,13-14,20H,11-12H2,1-2H3. The summed E-state index contributed by atoms with van der Waals surface area (Å²) in [6.07, 6.45) is 5.02. The largest absolute Gasteiger partial charge is 0.299 e. The van der Waals surface area contributed by atoms with E-state index in [9.17, 15) is 13.2 Å². The number of ketones is 1. The van der Waals surface area contributed by atoms with Crippen LogP contribution < -0.4 is 0 Å². The average Bonchev–Trinajstić information content (AvgIpc) is 2.68. The fourth-order valence-corrected chi connectivity index (χ4v) is 3.99. The van der Waals surface area contributed by atoms with Crippen molar-refractivity contribution in [2.75, 3.05) is 6.26 Å². The Morgan fingerprint density at radius 2 is 1.72 bits per heavy atom. The molecular formula is C22H21BrN2O3S. The van der Waals surface area contributed by atoms with Gasteiger partial charge in [0.1, 0.15) is 10.4 Å². The molecule has 5 nitrogen and oxygen atoms in total. The molecule has 0 N–H and O–H groups in total. The van der Waals surface area contributed by atoms with E-state index >= 15 is 0 Å². The lowest BCUT2D eigenvalue weighted by molar-refractivity contribution is -0.119. The van der Waals surface area contributed by atoms with E-state index in [0.29, 0.717) is 16.7 Å². The molecule has 1 unspecified atom stereocenters. The zero-order valence-electron chi connectivity index (χ0n) is 16.2. The highest BCUT2D eigenvalue weighted by atomic mass is 79.9. The number of aromatic nitrogens is 2. The minimum absolute atomic E-state index is 0.0111. The van der Waals surface area contributed by atoms with Crippen molar-refractivity contribution in [3.05, 3.63) is 87.9 Å². The summed E-state index contributed by atoms with van der Waals surface area (Å²) in [5.41, 5.74) is 3.58. The topological polar surface area (TPSA) is 77.0 Å². The number of Topliss-reactive ketones (excluding diaryl/α,β-unsaturated/α-hetero) is 1. The quantitative estimate of drug-likeness (QED) is 0.517. The van der Waals surface area contributed by atoms with Gasteiger partial charge in [-0.3, -0.25) is 9.78 Å². The molecule has 2 aromatic carbocycles. The molecule has 0 fully saturated rings. The summed E-state index contributed by atoms with van der Waals surface area (Å²) in [6.45, 7) is 2.02. The first-order valence-electron chi connectivity index (χ1n) is 9.07. The van der Waals surface area contributed by atoms with E-state index in [-0.39, 0.29) is 17.1 Å². The number of nitrogens with zero attached hydrogens (tertiary/aromatic N) is 2. The Labute approximate surface area is 179 Å². The van der Waals surface area contributed by atoms with Crippen LogP contribution in [0.3, 0.4) is 0 Å². The Hall–Kier alpha value is -2.38. The number of rotatable bonds is 7. The van der Waals surface area contributed by atoms with Crippen LogP contribution >= 0.6 is 15.9 Å². The highest BCUT2D eigenvalue weighted by Crippen LogP contribution is 2.26. The van der Waals surface area contributed by atoms with Gasteiger partial charge < -0.3 is 0 Å². The summed E-state index contributed by atoms with van der Waals surface area (Å²) < 4.78 is 24.1. The summed E-state index contributed by atoms with van der Waals surface area (Å²) in [6, 6.07) is 14.5. The molecule has 0 aliphatic carbocycles. The second-order valence-electron chi connectivity index (χ2n) is 7.00. The summed E-state index contributed by atoms with van der Waals surface area (Å²) >= 11 is 3.24. The van der Waals surface area contributed by atoms with Crippen LogP contribution in [0.4, 0.5) is 0 Å². The normalized spacial score (nSPS) is 12.5. The zero-order chi connectivity index (χ0) is 21.0. The maximum absolute atomic E-state index is 13.2. The third-order valence-corrected chi connectivity index (χ3v) is 6.35. The van der Waals surface area contributed by atoms with Crippen LogP contribution in [0.25, 0.3) is 0 Å². The van der Waals surface area contributed by atoms with Crippen molar-refractivity contribution in [2.45, 2.75) is 30.6 Å². The second-order valence-corrected chi connectivity index (χ2v) is 9.83. The molecule has 0 spiro atoms. The van der Waals surface area contributed by atoms with Gasteiger partial charge in [-0.25, -0.2) is 13.4 Å². The van der Waals surface area contributed by atoms with Gasteiger partial charge in [-0.1, -0.05) is 36.4 Å². The van der Waals surface area contributed by atoms with Crippen molar-refractivity contribution in [2.24, 2.45) is 0 Å². The van der Waals surface area contributed by atoms with Gasteiger partial charge in [-0.15, -0.1) is 0 Å². The second kappa shape index (κ2) is 8.97. The van der Waals surface area contributed by atoms with Gasteiger partial charge in [-0.05, 0) is 58.1 Å². The molecule has 0 saturated heterocycles. The number of carbonyl (C=O) groups is 1. The SMILES string of the molecule is Cc1ccccc1CC(C(=O)Cc1cnc(Br)cn1)c1ccc(S(C)(=O)=O)cc1. The lowest BCUT2D eigenvalue weighted by Gasteiger charge is -2.18. The first-order valence-corrected chi connectivity index (χ1v) is 11.8. The molecule has 0 aliphatic heterocycles. The highest BCUT2D eigenvalue weighted by Gasteiger charge is 2.23. The van der Waals surface area contributed by atoms with Crippen molar-refractivity contribution in [1.82, 2.24) is 9.97 Å². The fourth-order valence-electron chi connectivity index (χ4n) is 3.16. The summed E-state index contributed by atoms with van der Waals surface area (Å²) in [5.74, 6) is -0.396. The van der Waals surface area contributed by atoms with Crippen LogP contribution in [0.15, 0.2) is 70.4 Å². The molecule has 150 valence electrons. The maximum Gasteiger partial charge on any atom is 0.175 e. The van der Waals surface area contributed by atoms with Crippen LogP contribution in [0.5, 0.6) is 0 Å². The third-order valence-electron chi connectivity index (χ3n) is 4.81. The van der Waals surface area contributed by atoms with Crippen molar-refractivity contribution < 1.29 is 13.2 Å². The lowest BCUT2D eigenvalue weighted by atomic mass is 9.85. The number of aryl methyl sites for hydroxylation is 1. The Bertz CT molecular complexity index is 1110. The molecule has 0 saturated carbocycles. The number of benzene rings is 2. The Morgan fingerprint density at radius 1 is 1.03 bits per heavy atom. The molecule has 29 heavy (non-hydrogen) atoms. The van der Waals surface area contributed by atoms with Crippen molar-refractivity contribution in [3.63, 3.8) is 0 Å². The maximum atomic E-state index is 13.2. The number of halogens is 1. The van der Waals surface area contributed by atoms with Crippen molar-refractivity contribution in [3.8, 4) is 0 Å². The lowest BCUT2D eigenvalue weighted by Crippen LogP contribution is -2.19. The van der Waals surface area contributed by atoms with Gasteiger partial charge in [0.25, 0.3) is 0 Å². The molecule has 0 radical (unpaired) electrons. The van der Waals surface area contributed by atoms with Crippen LogP contribution in [-0.2, 0) is 27.5 Å². The molecule has 1 atom stereocenters. The number of sulfone groups is 1. The van der Waals surface area contributed by atoms with Gasteiger partial charge in [0.05, 0.1) is 29.4 Å². The van der Waals surface area contributed by atoms with E-state index in [1.807, 2.05) is 31.2 Å². The van der Waals surface area contributed by atoms with E-state index in [4.69, 9.17) is 0 Å². The van der Waals surface area contributed by atoms with E-state index in [0.717, 1.165) is 16.7 Å². The zero-order valence-corrected chi connectivity index (χ0v) is 18.6. The van der Waals surface area contributed by atoms with E-state index in [1.165, 1.54) is 6.26 Å². The molecule has 3 aromatic rings. The van der Waals surface area contributed by atoms with Gasteiger partial charge >= 0.3 is 0 Å². The third kappa shape index (κ3) is 5.58. The molecule has 0 amide bonds. The summed E-state index contributed by atoms with van der Waals surface area (Å²) in [7, 11) is -3.29. The Morgan fingerprint density at radius 3 is 2.31 bits per heavy atom. The highest BCUT2D eigenvalue weighted by molar-refractivity contribution is 9.10. The molecule has 7 heteroatoms. The summed E-state index contributed by atoms with van der Waals surface area (Å²) in [5, 5.41) is 0. The molecule has 1 heterocycles. The number of hydrogen-bond acceptors (Lipinski definition) is 5. The number of carbonyl (C=O) groups excluding carboxylic acids is 1. The van der Waals surface area contributed by atoms with Gasteiger partial charge in [0, 0.05) is 12.2 Å². The predicted octanol–water partition coefficient (Wildman–Crippen LogP) is 4.09. The Balaban J connectivity index is 1.93. The molecule has 0 aliphatic rings. The minimum atomic E-state index is -3.29. The summed E-state index contributed by atoms with van der Waals surface area (Å²) in [4.78, 5) is 21.8. The van der Waals surface area contributed by atoms with Gasteiger partial charge in [0.2, 0.25) is 0 Å². The van der Waals surface area contributed by atoms with E-state index in [1.54, 1.807) is 36.7 Å². The monoisotopic (exact) mass is 472 g/mol. The van der Waals surface area contributed by atoms with E-state index < -0.39 is 15.8 Å². The van der Waals surface area contributed by atoms with Crippen molar-refractivity contribution >= 4 is 31.6 Å². The van der Waals surface area contributed by atoms with Crippen LogP contribution in [0.1, 0.15) is 28.3 Å². The van der Waals surface area contributed by atoms with Gasteiger partial charge in [0.15, 0.2) is 9.84 Å². The molecule has 0 bridgehead atoms. The average molecular weight is 473 g/mol. The van der Waals surface area contributed by atoms with Gasteiger partial charge in [-0.2, -0.15) is 0 Å². The van der Waals surface area contributed by atoms with Crippen LogP contribution in [0, 0.1) is 6.92 Å². The van der Waals surface area contributed by atoms with Crippen molar-refractivity contribution in [1.29, 1.82) is 0 Å². The number of hydrogen-bond donors (Lipinski definition) is 0. The predicted molar refractivity (Wildman–Crippen MR) is 116 cm³/mol. The van der Waals surface area contributed by atoms with E-state index in [2.05, 4.69) is 25.9 Å². The fraction of sp³-hybridized carbons (Fsp3) is 0.227. The molecule has 3 rings (SSSR count). The first kappa shape index (κ1) is 21.3. The minimum Gasteiger partial charge on any atom is -0.299 e. The molecular weight excluding hydrogens is 452 g/mol.